The molecule has 3 aromatic rings. The number of ether oxygens (including phenoxy) is 3. The van der Waals surface area contributed by atoms with Gasteiger partial charge in [-0.25, -0.2) is 4.68 Å². The van der Waals surface area contributed by atoms with Gasteiger partial charge in [0.1, 0.15) is 18.1 Å². The Labute approximate surface area is 211 Å². The van der Waals surface area contributed by atoms with Gasteiger partial charge in [0.05, 0.1) is 26.3 Å². The van der Waals surface area contributed by atoms with Crippen LogP contribution in [0.2, 0.25) is 0 Å². The Morgan fingerprint density at radius 1 is 1.08 bits per heavy atom. The molecule has 0 aliphatic carbocycles. The zero-order valence-electron chi connectivity index (χ0n) is 21.8. The molecule has 2 amide bonds. The summed E-state index contributed by atoms with van der Waals surface area (Å²) in [5.74, 6) is 0.385. The van der Waals surface area contributed by atoms with E-state index in [-0.39, 0.29) is 31.5 Å². The van der Waals surface area contributed by atoms with Crippen molar-refractivity contribution >= 4 is 22.8 Å². The molecule has 0 aliphatic rings. The molecule has 0 bridgehead atoms. The Balaban J connectivity index is 2.05. The predicted molar refractivity (Wildman–Crippen MR) is 136 cm³/mol. The van der Waals surface area contributed by atoms with Crippen molar-refractivity contribution in [3.05, 3.63) is 48.0 Å². The van der Waals surface area contributed by atoms with Crippen molar-refractivity contribution in [2.24, 2.45) is 0 Å². The lowest BCUT2D eigenvalue weighted by molar-refractivity contribution is -0.143. The fraction of sp³-hybridized carbons (Fsp3) is 0.462. The SMILES string of the molecule is CCC(C)(C)NC(=O)[C@@H](c1ccc(OC)c(OC)c1)N(CCOC)C(=O)Cn1nnc2ccccc21. The van der Waals surface area contributed by atoms with E-state index in [1.165, 1.54) is 16.7 Å². The van der Waals surface area contributed by atoms with Crippen molar-refractivity contribution in [1.82, 2.24) is 25.2 Å². The number of hydrogen-bond donors (Lipinski definition) is 1. The lowest BCUT2D eigenvalue weighted by Gasteiger charge is -2.34. The maximum atomic E-state index is 13.7. The number of amides is 2. The molecule has 1 atom stereocenters. The number of carbonyl (C=O) groups is 2. The van der Waals surface area contributed by atoms with Crippen LogP contribution >= 0.6 is 0 Å². The summed E-state index contributed by atoms with van der Waals surface area (Å²) in [6.45, 7) is 6.24. The number of para-hydroxylation sites is 1. The molecule has 36 heavy (non-hydrogen) atoms. The second kappa shape index (κ2) is 11.9. The van der Waals surface area contributed by atoms with Crippen molar-refractivity contribution in [1.29, 1.82) is 0 Å². The number of methoxy groups -OCH3 is 3. The third-order valence-electron chi connectivity index (χ3n) is 6.19. The monoisotopic (exact) mass is 497 g/mol. The smallest absolute Gasteiger partial charge is 0.247 e. The molecule has 1 N–H and O–H groups in total. The Morgan fingerprint density at radius 3 is 2.47 bits per heavy atom. The largest absolute Gasteiger partial charge is 0.493 e. The van der Waals surface area contributed by atoms with Gasteiger partial charge in [-0.3, -0.25) is 9.59 Å². The van der Waals surface area contributed by atoms with E-state index in [1.54, 1.807) is 32.4 Å². The summed E-state index contributed by atoms with van der Waals surface area (Å²) >= 11 is 0. The topological polar surface area (TPSA) is 108 Å². The number of nitrogens with one attached hydrogen (secondary N) is 1. The van der Waals surface area contributed by atoms with Crippen LogP contribution in [0.1, 0.15) is 38.8 Å². The van der Waals surface area contributed by atoms with Gasteiger partial charge in [0.25, 0.3) is 0 Å². The van der Waals surface area contributed by atoms with Crippen molar-refractivity contribution in [3.8, 4) is 11.5 Å². The van der Waals surface area contributed by atoms with Crippen LogP contribution in [0.4, 0.5) is 0 Å². The summed E-state index contributed by atoms with van der Waals surface area (Å²) in [6.07, 6.45) is 0.717. The molecular weight excluding hydrogens is 462 g/mol. The molecule has 194 valence electrons. The van der Waals surface area contributed by atoms with Crippen molar-refractivity contribution in [2.75, 3.05) is 34.5 Å². The second-order valence-electron chi connectivity index (χ2n) is 9.06. The number of hydrogen-bond acceptors (Lipinski definition) is 7. The van der Waals surface area contributed by atoms with Crippen LogP contribution < -0.4 is 14.8 Å². The lowest BCUT2D eigenvalue weighted by Crippen LogP contribution is -2.51. The number of carbonyl (C=O) groups excluding carboxylic acids is 2. The number of aromatic nitrogens is 3. The second-order valence-corrected chi connectivity index (χ2v) is 9.06. The fourth-order valence-electron chi connectivity index (χ4n) is 3.83. The van der Waals surface area contributed by atoms with Gasteiger partial charge in [-0.2, -0.15) is 0 Å². The van der Waals surface area contributed by atoms with Crippen LogP contribution in [-0.2, 0) is 20.9 Å². The molecule has 0 fully saturated rings. The first-order valence-electron chi connectivity index (χ1n) is 11.8. The lowest BCUT2D eigenvalue weighted by atomic mass is 9.98. The zero-order valence-corrected chi connectivity index (χ0v) is 21.8. The molecule has 10 nitrogen and oxygen atoms in total. The maximum Gasteiger partial charge on any atom is 0.247 e. The highest BCUT2D eigenvalue weighted by Crippen LogP contribution is 2.33. The van der Waals surface area contributed by atoms with Gasteiger partial charge in [0.15, 0.2) is 11.5 Å². The third kappa shape index (κ3) is 6.12. The van der Waals surface area contributed by atoms with Crippen molar-refractivity contribution < 1.29 is 23.8 Å². The highest BCUT2D eigenvalue weighted by molar-refractivity contribution is 5.89. The fourth-order valence-corrected chi connectivity index (χ4v) is 3.83. The molecule has 1 aromatic heterocycles. The third-order valence-corrected chi connectivity index (χ3v) is 6.19. The van der Waals surface area contributed by atoms with E-state index in [0.29, 0.717) is 29.0 Å². The highest BCUT2D eigenvalue weighted by atomic mass is 16.5. The molecule has 1 heterocycles. The standard InChI is InChI=1S/C26H35N5O5/c1-7-26(2,3)27-25(33)24(18-12-13-21(35-5)22(16-18)36-6)30(14-15-34-4)23(32)17-31-20-11-9-8-10-19(20)28-29-31/h8-13,16,24H,7,14-15,17H2,1-6H3,(H,27,33)/t24-/m1/s1. The molecule has 10 heteroatoms. The summed E-state index contributed by atoms with van der Waals surface area (Å²) in [6, 6.07) is 11.7. The minimum atomic E-state index is -0.937. The van der Waals surface area contributed by atoms with E-state index < -0.39 is 11.6 Å². The molecule has 0 unspecified atom stereocenters. The number of rotatable bonds is 12. The molecule has 0 saturated carbocycles. The van der Waals surface area contributed by atoms with E-state index in [1.807, 2.05) is 45.0 Å². The Bertz CT molecular complexity index is 1190. The highest BCUT2D eigenvalue weighted by Gasteiger charge is 2.34. The van der Waals surface area contributed by atoms with Crippen LogP contribution in [0.3, 0.4) is 0 Å². The Kier molecular flexibility index (Phi) is 8.87. The summed E-state index contributed by atoms with van der Waals surface area (Å²) in [5.41, 5.74) is 1.54. The quantitative estimate of drug-likeness (QED) is 0.410. The average molecular weight is 498 g/mol. The molecule has 0 aliphatic heterocycles. The van der Waals surface area contributed by atoms with E-state index in [2.05, 4.69) is 15.6 Å². The van der Waals surface area contributed by atoms with E-state index in [0.717, 1.165) is 5.52 Å². The Morgan fingerprint density at radius 2 is 1.81 bits per heavy atom. The average Bonchev–Trinajstić information content (AvgIpc) is 3.28. The van der Waals surface area contributed by atoms with Crippen LogP contribution in [0.25, 0.3) is 11.0 Å². The number of benzene rings is 2. The molecule has 0 spiro atoms. The summed E-state index contributed by atoms with van der Waals surface area (Å²) in [4.78, 5) is 29.0. The van der Waals surface area contributed by atoms with Crippen LogP contribution in [-0.4, -0.2) is 71.7 Å². The first-order chi connectivity index (χ1) is 17.2. The summed E-state index contributed by atoms with van der Waals surface area (Å²) in [5, 5.41) is 11.4. The number of fused-ring (bicyclic) bond motifs is 1. The minimum Gasteiger partial charge on any atom is -0.493 e. The van der Waals surface area contributed by atoms with Gasteiger partial charge in [0.2, 0.25) is 11.8 Å². The van der Waals surface area contributed by atoms with Gasteiger partial charge < -0.3 is 24.4 Å². The number of nitrogens with zero attached hydrogens (tertiary/aromatic N) is 4. The molecule has 0 radical (unpaired) electrons. The van der Waals surface area contributed by atoms with Gasteiger partial charge >= 0.3 is 0 Å². The summed E-state index contributed by atoms with van der Waals surface area (Å²) in [7, 11) is 4.63. The molecule has 2 aromatic carbocycles. The first kappa shape index (κ1) is 26.9. The van der Waals surface area contributed by atoms with Crippen LogP contribution in [0.5, 0.6) is 11.5 Å². The van der Waals surface area contributed by atoms with Crippen LogP contribution in [0.15, 0.2) is 42.5 Å². The maximum absolute atomic E-state index is 13.7. The van der Waals surface area contributed by atoms with Gasteiger partial charge in [-0.1, -0.05) is 30.3 Å². The molecule has 0 saturated heterocycles. The van der Waals surface area contributed by atoms with E-state index >= 15 is 0 Å². The van der Waals surface area contributed by atoms with Crippen LogP contribution in [0, 0.1) is 0 Å². The van der Waals surface area contributed by atoms with Gasteiger partial charge in [0, 0.05) is 19.2 Å². The van der Waals surface area contributed by atoms with Gasteiger partial charge in [-0.15, -0.1) is 5.10 Å². The minimum absolute atomic E-state index is 0.0849. The predicted octanol–water partition coefficient (Wildman–Crippen LogP) is 2.97. The van der Waals surface area contributed by atoms with Crippen molar-refractivity contribution in [2.45, 2.75) is 45.3 Å². The normalized spacial score (nSPS) is 12.3. The van der Waals surface area contributed by atoms with Crippen molar-refractivity contribution in [3.63, 3.8) is 0 Å². The Hall–Kier alpha value is -3.66. The van der Waals surface area contributed by atoms with E-state index in [9.17, 15) is 9.59 Å². The summed E-state index contributed by atoms with van der Waals surface area (Å²) < 4.78 is 17.7. The zero-order chi connectivity index (χ0) is 26.3. The van der Waals surface area contributed by atoms with E-state index in [4.69, 9.17) is 14.2 Å². The molecule has 3 rings (SSSR count). The first-order valence-corrected chi connectivity index (χ1v) is 11.8. The molecular formula is C26H35N5O5. The van der Waals surface area contributed by atoms with Gasteiger partial charge in [-0.05, 0) is 50.1 Å².